The Labute approximate surface area is 155 Å². The summed E-state index contributed by atoms with van der Waals surface area (Å²) >= 11 is 0. The van der Waals surface area contributed by atoms with Gasteiger partial charge in [-0.15, -0.1) is 0 Å². The molecule has 2 fully saturated rings. The SMILES string of the molecule is Cc1ccc(CN2CCC3(CC2)CC(c2noc(C(C)C)n2)N(C)C3)o1. The van der Waals surface area contributed by atoms with Crippen molar-refractivity contribution in [3.8, 4) is 0 Å². The Kier molecular flexibility index (Phi) is 4.65. The zero-order valence-electron chi connectivity index (χ0n) is 16.4. The molecule has 142 valence electrons. The van der Waals surface area contributed by atoms with E-state index in [-0.39, 0.29) is 12.0 Å². The van der Waals surface area contributed by atoms with Gasteiger partial charge >= 0.3 is 0 Å². The van der Waals surface area contributed by atoms with Gasteiger partial charge in [-0.05, 0) is 63.9 Å². The summed E-state index contributed by atoms with van der Waals surface area (Å²) in [6.07, 6.45) is 3.58. The summed E-state index contributed by atoms with van der Waals surface area (Å²) < 4.78 is 11.2. The highest BCUT2D eigenvalue weighted by Crippen LogP contribution is 2.47. The molecule has 0 saturated carbocycles. The van der Waals surface area contributed by atoms with Gasteiger partial charge in [-0.1, -0.05) is 19.0 Å². The Morgan fingerprint density at radius 3 is 2.65 bits per heavy atom. The Balaban J connectivity index is 1.38. The molecule has 2 aliphatic heterocycles. The molecule has 2 aromatic heterocycles. The Morgan fingerprint density at radius 1 is 1.27 bits per heavy atom. The van der Waals surface area contributed by atoms with E-state index in [4.69, 9.17) is 8.94 Å². The van der Waals surface area contributed by atoms with Crippen molar-refractivity contribution in [1.29, 1.82) is 0 Å². The van der Waals surface area contributed by atoms with E-state index < -0.39 is 0 Å². The van der Waals surface area contributed by atoms with Crippen LogP contribution in [0.15, 0.2) is 21.1 Å². The molecule has 2 saturated heterocycles. The number of aromatic nitrogens is 2. The van der Waals surface area contributed by atoms with Gasteiger partial charge in [0.1, 0.15) is 11.5 Å². The van der Waals surface area contributed by atoms with Crippen molar-refractivity contribution < 1.29 is 8.94 Å². The van der Waals surface area contributed by atoms with Gasteiger partial charge in [0.05, 0.1) is 12.6 Å². The van der Waals surface area contributed by atoms with Crippen LogP contribution in [0.4, 0.5) is 0 Å². The van der Waals surface area contributed by atoms with Crippen LogP contribution < -0.4 is 0 Å². The van der Waals surface area contributed by atoms with Gasteiger partial charge in [0, 0.05) is 12.5 Å². The first-order chi connectivity index (χ1) is 12.4. The van der Waals surface area contributed by atoms with Crippen molar-refractivity contribution in [2.45, 2.75) is 58.5 Å². The third kappa shape index (κ3) is 3.45. The molecule has 2 aliphatic rings. The second-order valence-electron chi connectivity index (χ2n) is 8.57. The number of furan rings is 1. The molecule has 0 amide bonds. The third-order valence-electron chi connectivity index (χ3n) is 6.08. The standard InChI is InChI=1S/C20H30N4O2/c1-14(2)19-21-18(22-26-19)17-11-20(13-23(17)4)7-9-24(10-8-20)12-16-6-5-15(3)25-16/h5-6,14,17H,7-13H2,1-4H3. The van der Waals surface area contributed by atoms with E-state index in [2.05, 4.69) is 46.9 Å². The van der Waals surface area contributed by atoms with Crippen molar-refractivity contribution in [2.75, 3.05) is 26.7 Å². The maximum absolute atomic E-state index is 5.74. The van der Waals surface area contributed by atoms with E-state index >= 15 is 0 Å². The van der Waals surface area contributed by atoms with Crippen LogP contribution in [-0.2, 0) is 6.54 Å². The van der Waals surface area contributed by atoms with Gasteiger partial charge in [0.2, 0.25) is 5.89 Å². The van der Waals surface area contributed by atoms with Gasteiger partial charge in [0.25, 0.3) is 0 Å². The van der Waals surface area contributed by atoms with E-state index in [1.165, 1.54) is 12.8 Å². The number of hydrogen-bond acceptors (Lipinski definition) is 6. The summed E-state index contributed by atoms with van der Waals surface area (Å²) in [6.45, 7) is 10.5. The number of aryl methyl sites for hydroxylation is 1. The van der Waals surface area contributed by atoms with Gasteiger partial charge < -0.3 is 8.94 Å². The fraction of sp³-hybridized carbons (Fsp3) is 0.700. The predicted molar refractivity (Wildman–Crippen MR) is 98.8 cm³/mol. The highest BCUT2D eigenvalue weighted by molar-refractivity contribution is 5.08. The molecule has 4 heterocycles. The molecule has 2 aromatic rings. The van der Waals surface area contributed by atoms with Gasteiger partial charge in [-0.2, -0.15) is 4.98 Å². The van der Waals surface area contributed by atoms with Crippen LogP contribution in [0, 0.1) is 12.3 Å². The second kappa shape index (κ2) is 6.82. The molecular formula is C20H30N4O2. The van der Waals surface area contributed by atoms with E-state index in [1.54, 1.807) is 0 Å². The average molecular weight is 358 g/mol. The number of rotatable bonds is 4. The first-order valence-electron chi connectivity index (χ1n) is 9.75. The van der Waals surface area contributed by atoms with Gasteiger partial charge in [-0.3, -0.25) is 9.80 Å². The van der Waals surface area contributed by atoms with E-state index in [1.807, 2.05) is 13.0 Å². The van der Waals surface area contributed by atoms with Crippen LogP contribution in [0.2, 0.25) is 0 Å². The largest absolute Gasteiger partial charge is 0.465 e. The zero-order chi connectivity index (χ0) is 18.3. The molecule has 4 rings (SSSR count). The van der Waals surface area contributed by atoms with Gasteiger partial charge in [0.15, 0.2) is 5.82 Å². The van der Waals surface area contributed by atoms with Gasteiger partial charge in [-0.25, -0.2) is 0 Å². The van der Waals surface area contributed by atoms with Crippen molar-refractivity contribution in [2.24, 2.45) is 5.41 Å². The second-order valence-corrected chi connectivity index (χ2v) is 8.57. The summed E-state index contributed by atoms with van der Waals surface area (Å²) in [5.74, 6) is 3.97. The normalized spacial score (nSPS) is 24.1. The highest BCUT2D eigenvalue weighted by Gasteiger charge is 2.46. The molecule has 6 nitrogen and oxygen atoms in total. The van der Waals surface area contributed by atoms with Crippen molar-refractivity contribution in [3.05, 3.63) is 35.4 Å². The topological polar surface area (TPSA) is 58.5 Å². The van der Waals surface area contributed by atoms with Crippen LogP contribution in [0.1, 0.15) is 68.3 Å². The van der Waals surface area contributed by atoms with Crippen molar-refractivity contribution >= 4 is 0 Å². The Morgan fingerprint density at radius 2 is 2.04 bits per heavy atom. The number of nitrogens with zero attached hydrogens (tertiary/aromatic N) is 4. The molecule has 6 heteroatoms. The lowest BCUT2D eigenvalue weighted by molar-refractivity contribution is 0.0998. The van der Waals surface area contributed by atoms with Crippen LogP contribution in [0.5, 0.6) is 0 Å². The molecule has 1 spiro atoms. The van der Waals surface area contributed by atoms with Crippen molar-refractivity contribution in [3.63, 3.8) is 0 Å². The minimum absolute atomic E-state index is 0.283. The van der Waals surface area contributed by atoms with E-state index in [9.17, 15) is 0 Å². The quantitative estimate of drug-likeness (QED) is 0.829. The van der Waals surface area contributed by atoms with Crippen LogP contribution >= 0.6 is 0 Å². The first-order valence-corrected chi connectivity index (χ1v) is 9.75. The average Bonchev–Trinajstić information content (AvgIpc) is 3.30. The molecule has 26 heavy (non-hydrogen) atoms. The molecule has 0 N–H and O–H groups in total. The van der Waals surface area contributed by atoms with E-state index in [0.717, 1.165) is 55.8 Å². The minimum Gasteiger partial charge on any atom is -0.465 e. The molecule has 1 unspecified atom stereocenters. The number of piperidine rings is 1. The molecule has 0 bridgehead atoms. The molecule has 0 aromatic carbocycles. The van der Waals surface area contributed by atoms with Crippen molar-refractivity contribution in [1.82, 2.24) is 19.9 Å². The predicted octanol–water partition coefficient (Wildman–Crippen LogP) is 3.75. The summed E-state index contributed by atoms with van der Waals surface area (Å²) in [5.41, 5.74) is 0.383. The fourth-order valence-corrected chi connectivity index (χ4v) is 4.51. The summed E-state index contributed by atoms with van der Waals surface area (Å²) in [5, 5.41) is 4.27. The minimum atomic E-state index is 0.283. The Hall–Kier alpha value is -1.66. The molecule has 0 aliphatic carbocycles. The zero-order valence-corrected chi connectivity index (χ0v) is 16.4. The highest BCUT2D eigenvalue weighted by atomic mass is 16.5. The van der Waals surface area contributed by atoms with Crippen LogP contribution in [0.3, 0.4) is 0 Å². The molecule has 1 atom stereocenters. The summed E-state index contributed by atoms with van der Waals surface area (Å²) in [6, 6.07) is 4.43. The number of hydrogen-bond donors (Lipinski definition) is 0. The van der Waals surface area contributed by atoms with Crippen LogP contribution in [0.25, 0.3) is 0 Å². The lowest BCUT2D eigenvalue weighted by atomic mass is 9.76. The maximum atomic E-state index is 5.74. The summed E-state index contributed by atoms with van der Waals surface area (Å²) in [4.78, 5) is 9.58. The monoisotopic (exact) mass is 358 g/mol. The lowest BCUT2D eigenvalue weighted by Crippen LogP contribution is -2.40. The third-order valence-corrected chi connectivity index (χ3v) is 6.08. The number of likely N-dealkylation sites (tertiary alicyclic amines) is 2. The Bertz CT molecular complexity index is 743. The molecule has 0 radical (unpaired) electrons. The molecular weight excluding hydrogens is 328 g/mol. The smallest absolute Gasteiger partial charge is 0.229 e. The van der Waals surface area contributed by atoms with Crippen LogP contribution in [-0.4, -0.2) is 46.6 Å². The summed E-state index contributed by atoms with van der Waals surface area (Å²) in [7, 11) is 2.20. The van der Waals surface area contributed by atoms with E-state index in [0.29, 0.717) is 5.41 Å². The first kappa shape index (κ1) is 17.7. The lowest BCUT2D eigenvalue weighted by Gasteiger charge is -2.39. The fourth-order valence-electron chi connectivity index (χ4n) is 4.51. The maximum Gasteiger partial charge on any atom is 0.229 e.